The van der Waals surface area contributed by atoms with E-state index in [1.807, 2.05) is 19.2 Å². The van der Waals surface area contributed by atoms with Gasteiger partial charge >= 0.3 is 0 Å². The van der Waals surface area contributed by atoms with Crippen LogP contribution >= 0.6 is 0 Å². The van der Waals surface area contributed by atoms with Crippen molar-refractivity contribution in [2.24, 2.45) is 0 Å². The summed E-state index contributed by atoms with van der Waals surface area (Å²) >= 11 is 0. The zero-order valence-corrected chi connectivity index (χ0v) is 11.4. The van der Waals surface area contributed by atoms with Crippen LogP contribution in [0.1, 0.15) is 24.8 Å². The summed E-state index contributed by atoms with van der Waals surface area (Å²) in [5.74, 6) is -0.151. The average molecular weight is 250 g/mol. The first kappa shape index (κ1) is 13.5. The topological polar surface area (TPSA) is 15.3 Å². The van der Waals surface area contributed by atoms with Crippen molar-refractivity contribution in [1.29, 1.82) is 0 Å². The number of halogens is 1. The van der Waals surface area contributed by atoms with Gasteiger partial charge in [-0.3, -0.25) is 4.90 Å². The quantitative estimate of drug-likeness (QED) is 0.863. The smallest absolute Gasteiger partial charge is 0.123 e. The first-order valence-corrected chi connectivity index (χ1v) is 6.77. The van der Waals surface area contributed by atoms with Crippen molar-refractivity contribution in [2.45, 2.75) is 31.2 Å². The first-order chi connectivity index (χ1) is 8.66. The second kappa shape index (κ2) is 5.81. The predicted octanol–water partition coefficient (Wildman–Crippen LogP) is 2.44. The van der Waals surface area contributed by atoms with Crippen molar-refractivity contribution in [1.82, 2.24) is 10.2 Å². The molecule has 100 valence electrons. The first-order valence-electron chi connectivity index (χ1n) is 6.77. The maximum Gasteiger partial charge on any atom is 0.123 e. The summed E-state index contributed by atoms with van der Waals surface area (Å²) in [6.45, 7) is 2.22. The SMILES string of the molecule is CNCC1(CCc2ccc(F)cc2)CCCN1C. The normalized spacial score (nSPS) is 24.6. The van der Waals surface area contributed by atoms with E-state index in [9.17, 15) is 4.39 Å². The lowest BCUT2D eigenvalue weighted by Gasteiger charge is -2.36. The van der Waals surface area contributed by atoms with Gasteiger partial charge in [0.25, 0.3) is 0 Å². The molecule has 3 heteroatoms. The lowest BCUT2D eigenvalue weighted by atomic mass is 9.88. The molecule has 1 atom stereocenters. The number of rotatable bonds is 5. The Morgan fingerprint density at radius 2 is 2.06 bits per heavy atom. The van der Waals surface area contributed by atoms with E-state index in [0.717, 1.165) is 19.4 Å². The predicted molar refractivity (Wildman–Crippen MR) is 73.2 cm³/mol. The van der Waals surface area contributed by atoms with Gasteiger partial charge in [-0.25, -0.2) is 4.39 Å². The van der Waals surface area contributed by atoms with Crippen LogP contribution in [-0.4, -0.2) is 37.6 Å². The molecule has 0 bridgehead atoms. The summed E-state index contributed by atoms with van der Waals surface area (Å²) in [6, 6.07) is 6.91. The highest BCUT2D eigenvalue weighted by atomic mass is 19.1. The standard InChI is InChI=1S/C15H23FN2/c1-17-12-15(9-3-11-18(15)2)10-8-13-4-6-14(16)7-5-13/h4-7,17H,3,8-12H2,1-2H3. The van der Waals surface area contributed by atoms with E-state index in [4.69, 9.17) is 0 Å². The third-order valence-electron chi connectivity index (χ3n) is 4.24. The minimum atomic E-state index is -0.151. The van der Waals surface area contributed by atoms with E-state index in [1.165, 1.54) is 24.9 Å². The molecule has 1 saturated heterocycles. The molecule has 2 nitrogen and oxygen atoms in total. The van der Waals surface area contributed by atoms with E-state index < -0.39 is 0 Å². The highest BCUT2D eigenvalue weighted by Crippen LogP contribution is 2.31. The summed E-state index contributed by atoms with van der Waals surface area (Å²) in [6.07, 6.45) is 4.69. The molecular weight excluding hydrogens is 227 g/mol. The van der Waals surface area contributed by atoms with Gasteiger partial charge in [0.15, 0.2) is 0 Å². The number of benzene rings is 1. The number of aryl methyl sites for hydroxylation is 1. The Morgan fingerprint density at radius 1 is 1.33 bits per heavy atom. The zero-order valence-electron chi connectivity index (χ0n) is 11.4. The van der Waals surface area contributed by atoms with Crippen LogP contribution in [0.2, 0.25) is 0 Å². The lowest BCUT2D eigenvalue weighted by molar-refractivity contribution is 0.159. The van der Waals surface area contributed by atoms with Crippen LogP contribution in [0.4, 0.5) is 4.39 Å². The molecule has 18 heavy (non-hydrogen) atoms. The van der Waals surface area contributed by atoms with Gasteiger partial charge in [0, 0.05) is 12.1 Å². The summed E-state index contributed by atoms with van der Waals surface area (Å²) < 4.78 is 12.9. The van der Waals surface area contributed by atoms with Crippen LogP contribution < -0.4 is 5.32 Å². The van der Waals surface area contributed by atoms with Gasteiger partial charge < -0.3 is 5.32 Å². The van der Waals surface area contributed by atoms with E-state index in [0.29, 0.717) is 0 Å². The molecular formula is C15H23FN2. The Labute approximate surface area is 109 Å². The zero-order chi connectivity index (χ0) is 13.0. The van der Waals surface area contributed by atoms with Gasteiger partial charge in [0.05, 0.1) is 0 Å². The van der Waals surface area contributed by atoms with Crippen molar-refractivity contribution in [3.8, 4) is 0 Å². The molecule has 1 aromatic carbocycles. The second-order valence-corrected chi connectivity index (χ2v) is 5.41. The summed E-state index contributed by atoms with van der Waals surface area (Å²) in [4.78, 5) is 2.48. The second-order valence-electron chi connectivity index (χ2n) is 5.41. The molecule has 1 unspecified atom stereocenters. The van der Waals surface area contributed by atoms with E-state index in [-0.39, 0.29) is 11.4 Å². The van der Waals surface area contributed by atoms with E-state index in [2.05, 4.69) is 17.3 Å². The van der Waals surface area contributed by atoms with Crippen molar-refractivity contribution in [3.63, 3.8) is 0 Å². The maximum absolute atomic E-state index is 12.9. The molecule has 1 aliphatic heterocycles. The van der Waals surface area contributed by atoms with Gasteiger partial charge in [-0.15, -0.1) is 0 Å². The molecule has 0 aromatic heterocycles. The highest BCUT2D eigenvalue weighted by Gasteiger charge is 2.37. The van der Waals surface area contributed by atoms with Crippen LogP contribution in [0.3, 0.4) is 0 Å². The third kappa shape index (κ3) is 2.90. The van der Waals surface area contributed by atoms with Gasteiger partial charge in [-0.2, -0.15) is 0 Å². The molecule has 0 amide bonds. The van der Waals surface area contributed by atoms with E-state index >= 15 is 0 Å². The Balaban J connectivity index is 1.99. The van der Waals surface area contributed by atoms with Crippen LogP contribution in [0.25, 0.3) is 0 Å². The molecule has 1 heterocycles. The van der Waals surface area contributed by atoms with Crippen molar-refractivity contribution < 1.29 is 4.39 Å². The maximum atomic E-state index is 12.9. The fraction of sp³-hybridized carbons (Fsp3) is 0.600. The molecule has 0 saturated carbocycles. The fourth-order valence-electron chi connectivity index (χ4n) is 3.06. The van der Waals surface area contributed by atoms with Crippen LogP contribution in [0.15, 0.2) is 24.3 Å². The third-order valence-corrected chi connectivity index (χ3v) is 4.24. The van der Waals surface area contributed by atoms with Crippen molar-refractivity contribution in [3.05, 3.63) is 35.6 Å². The summed E-state index contributed by atoms with van der Waals surface area (Å²) in [5, 5.41) is 3.32. The van der Waals surface area contributed by atoms with Crippen LogP contribution in [-0.2, 0) is 6.42 Å². The Morgan fingerprint density at radius 3 is 2.61 bits per heavy atom. The van der Waals surface area contributed by atoms with E-state index in [1.54, 1.807) is 12.1 Å². The number of likely N-dealkylation sites (N-methyl/N-ethyl adjacent to an activating group) is 2. The molecule has 1 aromatic rings. The largest absolute Gasteiger partial charge is 0.318 e. The minimum absolute atomic E-state index is 0.151. The number of hydrogen-bond donors (Lipinski definition) is 1. The van der Waals surface area contributed by atoms with Crippen molar-refractivity contribution >= 4 is 0 Å². The lowest BCUT2D eigenvalue weighted by Crippen LogP contribution is -2.48. The number of nitrogens with zero attached hydrogens (tertiary/aromatic N) is 1. The monoisotopic (exact) mass is 250 g/mol. The average Bonchev–Trinajstić information content (AvgIpc) is 2.71. The summed E-state index contributed by atoms with van der Waals surface area (Å²) in [7, 11) is 4.24. The minimum Gasteiger partial charge on any atom is -0.318 e. The Kier molecular flexibility index (Phi) is 4.36. The number of likely N-dealkylation sites (tertiary alicyclic amines) is 1. The number of nitrogens with one attached hydrogen (secondary N) is 1. The van der Waals surface area contributed by atoms with Gasteiger partial charge in [0.2, 0.25) is 0 Å². The van der Waals surface area contributed by atoms with Crippen LogP contribution in [0.5, 0.6) is 0 Å². The fourth-order valence-corrected chi connectivity index (χ4v) is 3.06. The molecule has 0 aliphatic carbocycles. The highest BCUT2D eigenvalue weighted by molar-refractivity contribution is 5.17. The van der Waals surface area contributed by atoms with Gasteiger partial charge in [0.1, 0.15) is 5.82 Å². The van der Waals surface area contributed by atoms with Gasteiger partial charge in [-0.1, -0.05) is 12.1 Å². The van der Waals surface area contributed by atoms with Gasteiger partial charge in [-0.05, 0) is 64.0 Å². The molecule has 1 N–H and O–H groups in total. The Hall–Kier alpha value is -0.930. The van der Waals surface area contributed by atoms with Crippen molar-refractivity contribution in [2.75, 3.05) is 27.2 Å². The molecule has 0 radical (unpaired) electrons. The molecule has 0 spiro atoms. The molecule has 1 fully saturated rings. The number of hydrogen-bond acceptors (Lipinski definition) is 2. The summed E-state index contributed by atoms with van der Waals surface area (Å²) in [5.41, 5.74) is 1.51. The molecule has 1 aliphatic rings. The Bertz CT molecular complexity index is 377. The van der Waals surface area contributed by atoms with Crippen LogP contribution in [0, 0.1) is 5.82 Å². The molecule has 2 rings (SSSR count).